The Morgan fingerprint density at radius 2 is 2.00 bits per heavy atom. The van der Waals surface area contributed by atoms with Crippen molar-refractivity contribution in [1.29, 1.82) is 0 Å². The maximum atomic E-state index is 5.41. The third-order valence-corrected chi connectivity index (χ3v) is 3.40. The molecule has 1 heterocycles. The topological polar surface area (TPSA) is 47.0 Å². The first-order valence-electron chi connectivity index (χ1n) is 6.63. The minimum Gasteiger partial charge on any atom is -0.496 e. The summed E-state index contributed by atoms with van der Waals surface area (Å²) < 4.78 is 6.38. The SMILES string of the molecule is CCNc1cc(CC)nc(-c2cc(Br)ccc2OC)n1. The van der Waals surface area contributed by atoms with Gasteiger partial charge in [-0.15, -0.1) is 0 Å². The molecular weight excluding hydrogens is 318 g/mol. The van der Waals surface area contributed by atoms with Gasteiger partial charge in [0, 0.05) is 22.8 Å². The lowest BCUT2D eigenvalue weighted by Gasteiger charge is -2.11. The Bertz CT molecular complexity index is 602. The van der Waals surface area contributed by atoms with Gasteiger partial charge in [0.15, 0.2) is 5.82 Å². The standard InChI is InChI=1S/C15H18BrN3O/c1-4-11-9-14(17-5-2)19-15(18-11)12-8-10(16)6-7-13(12)20-3/h6-9H,4-5H2,1-3H3,(H,17,18,19). The Morgan fingerprint density at radius 1 is 1.20 bits per heavy atom. The maximum absolute atomic E-state index is 5.41. The molecule has 0 saturated heterocycles. The van der Waals surface area contributed by atoms with Gasteiger partial charge in [-0.3, -0.25) is 0 Å². The number of aryl methyl sites for hydroxylation is 1. The van der Waals surface area contributed by atoms with Crippen molar-refractivity contribution in [2.24, 2.45) is 0 Å². The van der Waals surface area contributed by atoms with Crippen molar-refractivity contribution in [2.75, 3.05) is 19.0 Å². The highest BCUT2D eigenvalue weighted by Crippen LogP contribution is 2.31. The molecule has 1 aromatic carbocycles. The van der Waals surface area contributed by atoms with Crippen LogP contribution in [-0.2, 0) is 6.42 Å². The summed E-state index contributed by atoms with van der Waals surface area (Å²) in [4.78, 5) is 9.17. The van der Waals surface area contributed by atoms with Crippen molar-refractivity contribution in [3.63, 3.8) is 0 Å². The number of benzene rings is 1. The van der Waals surface area contributed by atoms with E-state index in [0.29, 0.717) is 5.82 Å². The molecule has 5 heteroatoms. The average Bonchev–Trinajstić information content (AvgIpc) is 2.47. The first kappa shape index (κ1) is 14.8. The first-order chi connectivity index (χ1) is 9.67. The van der Waals surface area contributed by atoms with Crippen molar-refractivity contribution in [3.8, 4) is 17.1 Å². The van der Waals surface area contributed by atoms with E-state index in [1.54, 1.807) is 7.11 Å². The molecule has 2 rings (SSSR count). The van der Waals surface area contributed by atoms with E-state index in [1.165, 1.54) is 0 Å². The zero-order chi connectivity index (χ0) is 14.5. The van der Waals surface area contributed by atoms with Gasteiger partial charge in [-0.05, 0) is 31.5 Å². The molecule has 0 aliphatic rings. The molecule has 0 saturated carbocycles. The van der Waals surface area contributed by atoms with Gasteiger partial charge in [0.2, 0.25) is 0 Å². The lowest BCUT2D eigenvalue weighted by molar-refractivity contribution is 0.416. The Morgan fingerprint density at radius 3 is 2.65 bits per heavy atom. The molecule has 20 heavy (non-hydrogen) atoms. The van der Waals surface area contributed by atoms with Crippen LogP contribution in [0.1, 0.15) is 19.5 Å². The molecule has 1 aromatic heterocycles. The van der Waals surface area contributed by atoms with Crippen LogP contribution < -0.4 is 10.1 Å². The van der Waals surface area contributed by atoms with Gasteiger partial charge >= 0.3 is 0 Å². The van der Waals surface area contributed by atoms with Crippen molar-refractivity contribution in [1.82, 2.24) is 9.97 Å². The van der Waals surface area contributed by atoms with Crippen LogP contribution in [0.25, 0.3) is 11.4 Å². The van der Waals surface area contributed by atoms with E-state index >= 15 is 0 Å². The number of ether oxygens (including phenoxy) is 1. The predicted octanol–water partition coefficient (Wildman–Crippen LogP) is 3.91. The van der Waals surface area contributed by atoms with Crippen molar-refractivity contribution in [2.45, 2.75) is 20.3 Å². The predicted molar refractivity (Wildman–Crippen MR) is 85.3 cm³/mol. The molecule has 0 unspecified atom stereocenters. The van der Waals surface area contributed by atoms with Gasteiger partial charge in [0.1, 0.15) is 11.6 Å². The molecule has 2 aromatic rings. The summed E-state index contributed by atoms with van der Waals surface area (Å²) in [5.74, 6) is 2.29. The number of nitrogens with one attached hydrogen (secondary N) is 1. The third-order valence-electron chi connectivity index (χ3n) is 2.90. The smallest absolute Gasteiger partial charge is 0.165 e. The fourth-order valence-corrected chi connectivity index (χ4v) is 2.29. The van der Waals surface area contributed by atoms with Crippen LogP contribution in [-0.4, -0.2) is 23.6 Å². The van der Waals surface area contributed by atoms with Gasteiger partial charge in [-0.25, -0.2) is 9.97 Å². The number of anilines is 1. The van der Waals surface area contributed by atoms with Crippen LogP contribution in [0, 0.1) is 0 Å². The van der Waals surface area contributed by atoms with E-state index < -0.39 is 0 Å². The van der Waals surface area contributed by atoms with E-state index in [-0.39, 0.29) is 0 Å². The molecule has 0 aliphatic heterocycles. The fraction of sp³-hybridized carbons (Fsp3) is 0.333. The fourth-order valence-electron chi connectivity index (χ4n) is 1.93. The van der Waals surface area contributed by atoms with Crippen LogP contribution in [0.2, 0.25) is 0 Å². The van der Waals surface area contributed by atoms with Crippen molar-refractivity contribution in [3.05, 3.63) is 34.4 Å². The second-order valence-electron chi connectivity index (χ2n) is 4.30. The molecule has 0 atom stereocenters. The van der Waals surface area contributed by atoms with Gasteiger partial charge in [-0.1, -0.05) is 22.9 Å². The molecule has 0 aliphatic carbocycles. The molecule has 1 N–H and O–H groups in total. The largest absolute Gasteiger partial charge is 0.496 e. The molecule has 4 nitrogen and oxygen atoms in total. The van der Waals surface area contributed by atoms with Gasteiger partial charge in [0.05, 0.1) is 12.7 Å². The van der Waals surface area contributed by atoms with Crippen LogP contribution in [0.15, 0.2) is 28.7 Å². The Balaban J connectivity index is 2.56. The summed E-state index contributed by atoms with van der Waals surface area (Å²) in [7, 11) is 1.65. The molecule has 0 bridgehead atoms. The van der Waals surface area contributed by atoms with Crippen LogP contribution in [0.3, 0.4) is 0 Å². The summed E-state index contributed by atoms with van der Waals surface area (Å²) in [6.07, 6.45) is 0.865. The zero-order valence-electron chi connectivity index (χ0n) is 11.9. The summed E-state index contributed by atoms with van der Waals surface area (Å²) >= 11 is 3.48. The van der Waals surface area contributed by atoms with Crippen LogP contribution in [0.4, 0.5) is 5.82 Å². The second kappa shape index (κ2) is 6.70. The highest BCUT2D eigenvalue weighted by Gasteiger charge is 2.11. The number of hydrogen-bond acceptors (Lipinski definition) is 4. The average molecular weight is 336 g/mol. The minimum atomic E-state index is 0.679. The number of methoxy groups -OCH3 is 1. The number of aromatic nitrogens is 2. The zero-order valence-corrected chi connectivity index (χ0v) is 13.5. The lowest BCUT2D eigenvalue weighted by atomic mass is 10.1. The Kier molecular flexibility index (Phi) is 4.95. The summed E-state index contributed by atoms with van der Waals surface area (Å²) in [5, 5.41) is 3.24. The number of hydrogen-bond donors (Lipinski definition) is 1. The highest BCUT2D eigenvalue weighted by atomic mass is 79.9. The molecule has 0 fully saturated rings. The van der Waals surface area contributed by atoms with Gasteiger partial charge in [0.25, 0.3) is 0 Å². The van der Waals surface area contributed by atoms with Crippen LogP contribution in [0.5, 0.6) is 5.75 Å². The third kappa shape index (κ3) is 3.28. The Hall–Kier alpha value is -1.62. The van der Waals surface area contributed by atoms with Crippen molar-refractivity contribution < 1.29 is 4.74 Å². The molecular formula is C15H18BrN3O. The second-order valence-corrected chi connectivity index (χ2v) is 5.21. The first-order valence-corrected chi connectivity index (χ1v) is 7.43. The van der Waals surface area contributed by atoms with Gasteiger partial charge < -0.3 is 10.1 Å². The summed E-state index contributed by atoms with van der Waals surface area (Å²) in [5.41, 5.74) is 1.89. The van der Waals surface area contributed by atoms with Gasteiger partial charge in [-0.2, -0.15) is 0 Å². The van der Waals surface area contributed by atoms with E-state index in [1.807, 2.05) is 31.2 Å². The number of nitrogens with zero attached hydrogens (tertiary/aromatic N) is 2. The lowest BCUT2D eigenvalue weighted by Crippen LogP contribution is -2.04. The Labute approximate surface area is 127 Å². The number of rotatable bonds is 5. The maximum Gasteiger partial charge on any atom is 0.165 e. The van der Waals surface area contributed by atoms with E-state index in [0.717, 1.165) is 40.3 Å². The summed E-state index contributed by atoms with van der Waals surface area (Å²) in [6, 6.07) is 7.81. The van der Waals surface area contributed by atoms with Crippen molar-refractivity contribution >= 4 is 21.7 Å². The molecule has 106 valence electrons. The minimum absolute atomic E-state index is 0.679. The van der Waals surface area contributed by atoms with Crippen LogP contribution >= 0.6 is 15.9 Å². The molecule has 0 amide bonds. The summed E-state index contributed by atoms with van der Waals surface area (Å²) in [6.45, 7) is 4.96. The molecule has 0 spiro atoms. The van der Waals surface area contributed by atoms with E-state index in [9.17, 15) is 0 Å². The normalized spacial score (nSPS) is 10.4. The number of halogens is 1. The monoisotopic (exact) mass is 335 g/mol. The highest BCUT2D eigenvalue weighted by molar-refractivity contribution is 9.10. The van der Waals surface area contributed by atoms with E-state index in [2.05, 4.69) is 38.1 Å². The quantitative estimate of drug-likeness (QED) is 0.899. The molecule has 0 radical (unpaired) electrons. The van der Waals surface area contributed by atoms with E-state index in [4.69, 9.17) is 4.74 Å².